The zero-order chi connectivity index (χ0) is 14.8. The second-order valence-corrected chi connectivity index (χ2v) is 4.73. The smallest absolute Gasteiger partial charge is 0.335 e. The van der Waals surface area contributed by atoms with E-state index in [9.17, 15) is 4.79 Å². The number of benzene rings is 2. The Morgan fingerprint density at radius 1 is 1.14 bits per heavy atom. The van der Waals surface area contributed by atoms with Crippen molar-refractivity contribution in [1.29, 1.82) is 0 Å². The van der Waals surface area contributed by atoms with Crippen LogP contribution in [-0.4, -0.2) is 16.1 Å². The molecular weight excluding hydrogens is 266 g/mol. The van der Waals surface area contributed by atoms with Crippen LogP contribution in [0.15, 0.2) is 59.1 Å². The number of aromatic carboxylic acids is 1. The van der Waals surface area contributed by atoms with Gasteiger partial charge >= 0.3 is 5.97 Å². The third-order valence-corrected chi connectivity index (χ3v) is 3.27. The maximum Gasteiger partial charge on any atom is 0.335 e. The molecule has 0 saturated heterocycles. The molecule has 1 heterocycles. The first-order valence-electron chi connectivity index (χ1n) is 6.51. The van der Waals surface area contributed by atoms with Gasteiger partial charge in [0.1, 0.15) is 0 Å². The van der Waals surface area contributed by atoms with Crippen LogP contribution < -0.4 is 0 Å². The molecule has 0 aliphatic heterocycles. The molecule has 3 rings (SSSR count). The lowest BCUT2D eigenvalue weighted by molar-refractivity contribution is 0.0697. The molecule has 3 aromatic rings. The largest absolute Gasteiger partial charge is 0.478 e. The van der Waals surface area contributed by atoms with Crippen molar-refractivity contribution in [3.05, 3.63) is 65.9 Å². The summed E-state index contributed by atoms with van der Waals surface area (Å²) in [6.45, 7) is 2.00. The molecule has 1 aromatic heterocycles. The summed E-state index contributed by atoms with van der Waals surface area (Å²) in [6.07, 6.45) is 1.66. The van der Waals surface area contributed by atoms with Crippen LogP contribution >= 0.6 is 0 Å². The number of aryl methyl sites for hydroxylation is 1. The number of rotatable bonds is 3. The van der Waals surface area contributed by atoms with Crippen molar-refractivity contribution in [3.63, 3.8) is 0 Å². The Morgan fingerprint density at radius 3 is 2.71 bits per heavy atom. The van der Waals surface area contributed by atoms with Crippen molar-refractivity contribution in [1.82, 2.24) is 4.98 Å². The highest BCUT2D eigenvalue weighted by atomic mass is 16.4. The molecule has 21 heavy (non-hydrogen) atoms. The lowest BCUT2D eigenvalue weighted by Crippen LogP contribution is -1.95. The summed E-state index contributed by atoms with van der Waals surface area (Å²) >= 11 is 0. The summed E-state index contributed by atoms with van der Waals surface area (Å²) in [6, 6.07) is 14.4. The number of hydrogen-bond donors (Lipinski definition) is 1. The molecule has 0 unspecified atom stereocenters. The van der Waals surface area contributed by atoms with Crippen LogP contribution in [0.2, 0.25) is 0 Å². The molecule has 0 radical (unpaired) electrons. The zero-order valence-electron chi connectivity index (χ0n) is 11.4. The molecule has 104 valence electrons. The lowest BCUT2D eigenvalue weighted by atomic mass is 10.1. The van der Waals surface area contributed by atoms with Gasteiger partial charge in [-0.05, 0) is 30.7 Å². The van der Waals surface area contributed by atoms with E-state index in [4.69, 9.17) is 9.52 Å². The Balaban J connectivity index is 2.01. The highest BCUT2D eigenvalue weighted by Gasteiger charge is 2.11. The maximum atomic E-state index is 11.0. The second-order valence-electron chi connectivity index (χ2n) is 4.73. The minimum Gasteiger partial charge on any atom is -0.478 e. The predicted octanol–water partition coefficient (Wildman–Crippen LogP) is 4.02. The minimum atomic E-state index is -0.970. The fraction of sp³-hybridized carbons (Fsp3) is 0.0588. The van der Waals surface area contributed by atoms with Gasteiger partial charge < -0.3 is 9.52 Å². The monoisotopic (exact) mass is 279 g/mol. The molecule has 0 aliphatic rings. The van der Waals surface area contributed by atoms with E-state index in [1.54, 1.807) is 24.4 Å². The molecule has 0 amide bonds. The van der Waals surface area contributed by atoms with E-state index in [1.165, 1.54) is 6.07 Å². The summed E-state index contributed by atoms with van der Waals surface area (Å²) in [4.78, 5) is 15.2. The van der Waals surface area contributed by atoms with Crippen molar-refractivity contribution in [3.8, 4) is 22.8 Å². The zero-order valence-corrected chi connectivity index (χ0v) is 11.4. The number of carbonyl (C=O) groups is 1. The first-order chi connectivity index (χ1) is 10.1. The Labute approximate surface area is 121 Å². The molecule has 0 saturated carbocycles. The van der Waals surface area contributed by atoms with Gasteiger partial charge in [0.25, 0.3) is 0 Å². The van der Waals surface area contributed by atoms with E-state index in [0.29, 0.717) is 17.2 Å². The molecule has 2 aromatic carbocycles. The van der Waals surface area contributed by atoms with Crippen LogP contribution in [0, 0.1) is 6.92 Å². The number of nitrogens with zero attached hydrogens (tertiary/aromatic N) is 1. The summed E-state index contributed by atoms with van der Waals surface area (Å²) in [5.74, 6) is 0.114. The fourth-order valence-corrected chi connectivity index (χ4v) is 2.17. The average Bonchev–Trinajstić information content (AvgIpc) is 2.97. The van der Waals surface area contributed by atoms with E-state index >= 15 is 0 Å². The second kappa shape index (κ2) is 5.25. The van der Waals surface area contributed by atoms with Gasteiger partial charge in [-0.3, -0.25) is 0 Å². The first-order valence-corrected chi connectivity index (χ1v) is 6.51. The highest BCUT2D eigenvalue weighted by Crippen LogP contribution is 2.28. The van der Waals surface area contributed by atoms with E-state index < -0.39 is 5.97 Å². The third-order valence-electron chi connectivity index (χ3n) is 3.27. The highest BCUT2D eigenvalue weighted by molar-refractivity contribution is 5.89. The maximum absolute atomic E-state index is 11.0. The van der Waals surface area contributed by atoms with Gasteiger partial charge in [0, 0.05) is 11.1 Å². The van der Waals surface area contributed by atoms with Crippen molar-refractivity contribution in [2.75, 3.05) is 0 Å². The summed E-state index contributed by atoms with van der Waals surface area (Å²) in [7, 11) is 0. The average molecular weight is 279 g/mol. The van der Waals surface area contributed by atoms with E-state index in [2.05, 4.69) is 4.98 Å². The molecule has 0 fully saturated rings. The number of aromatic nitrogens is 1. The van der Waals surface area contributed by atoms with Crippen LogP contribution in [0.1, 0.15) is 15.9 Å². The van der Waals surface area contributed by atoms with Gasteiger partial charge in [-0.2, -0.15) is 0 Å². The lowest BCUT2D eigenvalue weighted by Gasteiger charge is -2.01. The number of carboxylic acids is 1. The molecule has 0 atom stereocenters. The molecule has 0 bridgehead atoms. The summed E-state index contributed by atoms with van der Waals surface area (Å²) in [5.41, 5.74) is 2.93. The minimum absolute atomic E-state index is 0.211. The van der Waals surface area contributed by atoms with Crippen molar-refractivity contribution in [2.45, 2.75) is 6.92 Å². The van der Waals surface area contributed by atoms with E-state index in [0.717, 1.165) is 11.1 Å². The number of oxazole rings is 1. The Morgan fingerprint density at radius 2 is 1.95 bits per heavy atom. The molecular formula is C17H13NO3. The third kappa shape index (κ3) is 2.56. The quantitative estimate of drug-likeness (QED) is 0.786. The van der Waals surface area contributed by atoms with Crippen LogP contribution in [-0.2, 0) is 0 Å². The number of hydrogen-bond acceptors (Lipinski definition) is 3. The van der Waals surface area contributed by atoms with Gasteiger partial charge in [-0.1, -0.05) is 30.3 Å². The summed E-state index contributed by atoms with van der Waals surface area (Å²) < 4.78 is 5.77. The molecule has 4 nitrogen and oxygen atoms in total. The molecule has 4 heteroatoms. The van der Waals surface area contributed by atoms with Gasteiger partial charge in [0.2, 0.25) is 5.89 Å². The van der Waals surface area contributed by atoms with E-state index in [1.807, 2.05) is 31.2 Å². The van der Waals surface area contributed by atoms with E-state index in [-0.39, 0.29) is 5.56 Å². The Hall–Kier alpha value is -2.88. The fourth-order valence-electron chi connectivity index (χ4n) is 2.17. The summed E-state index contributed by atoms with van der Waals surface area (Å²) in [5, 5.41) is 9.02. The topological polar surface area (TPSA) is 63.3 Å². The SMILES string of the molecule is Cc1ccccc1-c1cnc(-c2cccc(C(=O)O)c2)o1. The number of carboxylic acid groups (broad SMARTS) is 1. The van der Waals surface area contributed by atoms with Crippen LogP contribution in [0.4, 0.5) is 0 Å². The normalized spacial score (nSPS) is 10.5. The van der Waals surface area contributed by atoms with Crippen molar-refractivity contribution in [2.24, 2.45) is 0 Å². The van der Waals surface area contributed by atoms with Crippen LogP contribution in [0.25, 0.3) is 22.8 Å². The standard InChI is InChI=1S/C17H13NO3/c1-11-5-2-3-8-14(11)15-10-18-16(21-15)12-6-4-7-13(9-12)17(19)20/h2-10H,1H3,(H,19,20). The Bertz CT molecular complexity index is 805. The molecule has 1 N–H and O–H groups in total. The first kappa shape index (κ1) is 13.1. The molecule has 0 aliphatic carbocycles. The molecule has 0 spiro atoms. The van der Waals surface area contributed by atoms with Crippen molar-refractivity contribution < 1.29 is 14.3 Å². The Kier molecular flexibility index (Phi) is 3.28. The van der Waals surface area contributed by atoms with Gasteiger partial charge in [-0.25, -0.2) is 9.78 Å². The predicted molar refractivity (Wildman–Crippen MR) is 79.1 cm³/mol. The van der Waals surface area contributed by atoms with Gasteiger partial charge in [0.05, 0.1) is 11.8 Å². The van der Waals surface area contributed by atoms with Gasteiger partial charge in [-0.15, -0.1) is 0 Å². The van der Waals surface area contributed by atoms with Crippen LogP contribution in [0.3, 0.4) is 0 Å². The van der Waals surface area contributed by atoms with Gasteiger partial charge in [0.15, 0.2) is 5.76 Å². The van der Waals surface area contributed by atoms with Crippen LogP contribution in [0.5, 0.6) is 0 Å². The van der Waals surface area contributed by atoms with Crippen molar-refractivity contribution >= 4 is 5.97 Å².